The van der Waals surface area contributed by atoms with E-state index in [2.05, 4.69) is 32.6 Å². The second-order valence-corrected chi connectivity index (χ2v) is 8.86. The summed E-state index contributed by atoms with van der Waals surface area (Å²) in [5, 5.41) is 3.70. The van der Waals surface area contributed by atoms with E-state index < -0.39 is 17.4 Å². The molecular weight excluding hydrogens is 494 g/mol. The van der Waals surface area contributed by atoms with E-state index in [0.29, 0.717) is 37.9 Å². The molecule has 0 spiro atoms. The Morgan fingerprint density at radius 1 is 1.22 bits per heavy atom. The number of nitrogens with zero attached hydrogens (tertiary/aromatic N) is 3. The molecule has 1 aliphatic rings. The molecule has 1 aromatic carbocycles. The number of halogens is 5. The summed E-state index contributed by atoms with van der Waals surface area (Å²) in [6.07, 6.45) is -2.02. The van der Waals surface area contributed by atoms with Crippen LogP contribution >= 0.6 is 15.9 Å². The van der Waals surface area contributed by atoms with E-state index in [4.69, 9.17) is 4.52 Å². The largest absolute Gasteiger partial charge is 0.403 e. The Morgan fingerprint density at radius 2 is 1.97 bits per heavy atom. The third-order valence-electron chi connectivity index (χ3n) is 5.48. The average molecular weight is 518 g/mol. The number of carbonyl (C=O) groups excluding carboxylic acids is 1. The number of hydrogen-bond acceptors (Lipinski definition) is 4. The van der Waals surface area contributed by atoms with E-state index in [9.17, 15) is 22.4 Å². The standard InChI is InChI=1S/C22H24BrF4N3O2/c1-15(24)9-10-19(31)30(17-7-5-6-16(23)14-17)13-4-2-3-8-18-28-20(32-29-18)21(11-12-21)22(25,26)27/h5-7,14H,1-4,8-13H2. The topological polar surface area (TPSA) is 59.2 Å². The zero-order valence-corrected chi connectivity index (χ0v) is 19.0. The summed E-state index contributed by atoms with van der Waals surface area (Å²) in [5.74, 6) is -0.824. The van der Waals surface area contributed by atoms with Gasteiger partial charge in [0.25, 0.3) is 0 Å². The number of rotatable bonds is 11. The molecule has 2 aromatic rings. The maximum Gasteiger partial charge on any atom is 0.403 e. The lowest BCUT2D eigenvalue weighted by Gasteiger charge is -2.23. The molecule has 10 heteroatoms. The molecule has 1 aromatic heterocycles. The lowest BCUT2D eigenvalue weighted by atomic mass is 10.1. The van der Waals surface area contributed by atoms with Crippen molar-refractivity contribution in [3.63, 3.8) is 0 Å². The molecule has 0 unspecified atom stereocenters. The third-order valence-corrected chi connectivity index (χ3v) is 5.98. The molecule has 1 saturated carbocycles. The lowest BCUT2D eigenvalue weighted by molar-refractivity contribution is -0.166. The van der Waals surface area contributed by atoms with Crippen LogP contribution in [-0.2, 0) is 16.6 Å². The van der Waals surface area contributed by atoms with Gasteiger partial charge in [-0.3, -0.25) is 4.79 Å². The fourth-order valence-electron chi connectivity index (χ4n) is 3.44. The van der Waals surface area contributed by atoms with Crippen molar-refractivity contribution in [2.45, 2.75) is 63.0 Å². The van der Waals surface area contributed by atoms with E-state index in [-0.39, 0.29) is 43.3 Å². The van der Waals surface area contributed by atoms with Gasteiger partial charge in [0.2, 0.25) is 11.8 Å². The number of unbranched alkanes of at least 4 members (excludes halogenated alkanes) is 2. The highest BCUT2D eigenvalue weighted by molar-refractivity contribution is 9.10. The summed E-state index contributed by atoms with van der Waals surface area (Å²) in [6, 6.07) is 7.29. The molecule has 3 rings (SSSR count). The molecule has 0 saturated heterocycles. The van der Waals surface area contributed by atoms with E-state index in [1.165, 1.54) is 0 Å². The molecule has 32 heavy (non-hydrogen) atoms. The molecule has 1 fully saturated rings. The number of benzene rings is 1. The van der Waals surface area contributed by atoms with Crippen molar-refractivity contribution in [1.29, 1.82) is 0 Å². The smallest absolute Gasteiger partial charge is 0.338 e. The first-order chi connectivity index (χ1) is 15.1. The zero-order chi connectivity index (χ0) is 23.4. The molecule has 5 nitrogen and oxygen atoms in total. The number of aryl methyl sites for hydroxylation is 1. The van der Waals surface area contributed by atoms with E-state index >= 15 is 0 Å². The molecule has 1 heterocycles. The van der Waals surface area contributed by atoms with Gasteiger partial charge < -0.3 is 9.42 Å². The summed E-state index contributed by atoms with van der Waals surface area (Å²) in [6.45, 7) is 3.63. The second kappa shape index (κ2) is 10.1. The Balaban J connectivity index is 1.51. The number of hydrogen-bond donors (Lipinski definition) is 0. The Bertz CT molecular complexity index is 957. The van der Waals surface area contributed by atoms with Crippen molar-refractivity contribution in [2.24, 2.45) is 0 Å². The van der Waals surface area contributed by atoms with Crippen molar-refractivity contribution >= 4 is 27.5 Å². The van der Waals surface area contributed by atoms with Crippen LogP contribution in [-0.4, -0.2) is 28.8 Å². The molecule has 0 aliphatic heterocycles. The van der Waals surface area contributed by atoms with Crippen LogP contribution < -0.4 is 4.90 Å². The Kier molecular flexibility index (Phi) is 7.74. The summed E-state index contributed by atoms with van der Waals surface area (Å²) in [5.41, 5.74) is -1.26. The van der Waals surface area contributed by atoms with E-state index in [1.54, 1.807) is 4.90 Å². The number of aromatic nitrogens is 2. The van der Waals surface area contributed by atoms with Crippen LogP contribution in [0.5, 0.6) is 0 Å². The van der Waals surface area contributed by atoms with Crippen LogP contribution in [0.2, 0.25) is 0 Å². The Labute approximate surface area is 192 Å². The molecule has 1 aliphatic carbocycles. The molecule has 1 amide bonds. The fourth-order valence-corrected chi connectivity index (χ4v) is 3.83. The van der Waals surface area contributed by atoms with Gasteiger partial charge in [-0.1, -0.05) is 40.2 Å². The minimum atomic E-state index is -4.38. The number of carbonyl (C=O) groups is 1. The predicted octanol–water partition coefficient (Wildman–Crippen LogP) is 6.44. The molecule has 0 bridgehead atoms. The number of anilines is 1. The highest BCUT2D eigenvalue weighted by Crippen LogP contribution is 2.58. The van der Waals surface area contributed by atoms with Crippen LogP contribution in [0.3, 0.4) is 0 Å². The summed E-state index contributed by atoms with van der Waals surface area (Å²) in [7, 11) is 0. The number of alkyl halides is 3. The molecule has 0 atom stereocenters. The SMILES string of the molecule is C=C(F)CCC(=O)N(CCCCCc1noc(C2(C(F)(F)F)CC2)n1)c1cccc(Br)c1. The number of allylic oxidation sites excluding steroid dienone is 1. The summed E-state index contributed by atoms with van der Waals surface area (Å²) in [4.78, 5) is 18.2. The predicted molar refractivity (Wildman–Crippen MR) is 115 cm³/mol. The average Bonchev–Trinajstić information content (AvgIpc) is 3.42. The van der Waals surface area contributed by atoms with Gasteiger partial charge in [0, 0.05) is 36.0 Å². The molecule has 0 N–H and O–H groups in total. The van der Waals surface area contributed by atoms with Gasteiger partial charge in [-0.2, -0.15) is 18.2 Å². The van der Waals surface area contributed by atoms with E-state index in [1.807, 2.05) is 24.3 Å². The van der Waals surface area contributed by atoms with Crippen LogP contribution in [0.1, 0.15) is 56.7 Å². The van der Waals surface area contributed by atoms with Gasteiger partial charge in [-0.25, -0.2) is 4.39 Å². The summed E-state index contributed by atoms with van der Waals surface area (Å²) < 4.78 is 58.2. The highest BCUT2D eigenvalue weighted by atomic mass is 79.9. The van der Waals surface area contributed by atoms with Gasteiger partial charge in [0.05, 0.1) is 5.83 Å². The lowest BCUT2D eigenvalue weighted by Crippen LogP contribution is -2.31. The molecular formula is C22H24BrF4N3O2. The maximum atomic E-state index is 13.2. The summed E-state index contributed by atoms with van der Waals surface area (Å²) >= 11 is 3.39. The van der Waals surface area contributed by atoms with Crippen molar-refractivity contribution in [3.05, 3.63) is 52.9 Å². The van der Waals surface area contributed by atoms with Crippen LogP contribution in [0.15, 0.2) is 45.7 Å². The minimum absolute atomic E-state index is 0.0205. The van der Waals surface area contributed by atoms with Gasteiger partial charge in [-0.15, -0.1) is 0 Å². The first-order valence-corrected chi connectivity index (χ1v) is 11.2. The quantitative estimate of drug-likeness (QED) is 0.254. The van der Waals surface area contributed by atoms with Crippen LogP contribution in [0.25, 0.3) is 0 Å². The third kappa shape index (κ3) is 5.96. The zero-order valence-electron chi connectivity index (χ0n) is 17.4. The highest BCUT2D eigenvalue weighted by Gasteiger charge is 2.68. The fraction of sp³-hybridized carbons (Fsp3) is 0.500. The van der Waals surface area contributed by atoms with E-state index in [0.717, 1.165) is 4.47 Å². The Morgan fingerprint density at radius 3 is 2.59 bits per heavy atom. The normalized spacial score (nSPS) is 14.9. The van der Waals surface area contributed by atoms with Crippen LogP contribution in [0.4, 0.5) is 23.2 Å². The molecule has 0 radical (unpaired) electrons. The monoisotopic (exact) mass is 517 g/mol. The first kappa shape index (κ1) is 24.4. The van der Waals surface area contributed by atoms with Crippen molar-refractivity contribution in [2.75, 3.05) is 11.4 Å². The first-order valence-electron chi connectivity index (χ1n) is 10.4. The van der Waals surface area contributed by atoms with Crippen molar-refractivity contribution in [3.8, 4) is 0 Å². The minimum Gasteiger partial charge on any atom is -0.338 e. The van der Waals surface area contributed by atoms with Gasteiger partial charge in [-0.05, 0) is 43.9 Å². The van der Waals surface area contributed by atoms with Crippen LogP contribution in [0, 0.1) is 0 Å². The van der Waals surface area contributed by atoms with Crippen molar-refractivity contribution < 1.29 is 26.9 Å². The second-order valence-electron chi connectivity index (χ2n) is 7.95. The van der Waals surface area contributed by atoms with Gasteiger partial charge >= 0.3 is 6.18 Å². The van der Waals surface area contributed by atoms with Crippen molar-refractivity contribution in [1.82, 2.24) is 10.1 Å². The number of amides is 1. The Hall–Kier alpha value is -2.23. The van der Waals surface area contributed by atoms with Gasteiger partial charge in [0.1, 0.15) is 5.41 Å². The molecule has 174 valence electrons. The van der Waals surface area contributed by atoms with Gasteiger partial charge in [0.15, 0.2) is 5.82 Å². The maximum absolute atomic E-state index is 13.2.